The number of carbonyl (C=O) groups is 1. The van der Waals surface area contributed by atoms with Crippen LogP contribution >= 0.6 is 11.3 Å². The second kappa shape index (κ2) is 9.20. The molecule has 0 amide bonds. The second-order valence-electron chi connectivity index (χ2n) is 4.45. The Hall–Kier alpha value is -0.750. The molecule has 0 aromatic carbocycles. The lowest BCUT2D eigenvalue weighted by Gasteiger charge is -2.20. The zero-order valence-electron chi connectivity index (χ0n) is 12.0. The van der Waals surface area contributed by atoms with Crippen LogP contribution in [0.4, 0.5) is 0 Å². The molecule has 0 aliphatic carbocycles. The molecule has 0 aliphatic rings. The molecule has 19 heavy (non-hydrogen) atoms. The number of nitrogens with zero attached hydrogens (tertiary/aromatic N) is 1. The summed E-state index contributed by atoms with van der Waals surface area (Å²) >= 11 is 1.56. The minimum Gasteiger partial charge on any atom is -0.385 e. The number of hydrogen-bond donors (Lipinski definition) is 0. The fraction of sp³-hybridized carbons (Fsp3) is 0.643. The molecule has 1 rings (SSSR count). The second-order valence-corrected chi connectivity index (χ2v) is 5.74. The van der Waals surface area contributed by atoms with E-state index in [9.17, 15) is 4.79 Å². The van der Waals surface area contributed by atoms with Gasteiger partial charge in [0, 0.05) is 38.8 Å². The predicted molar refractivity (Wildman–Crippen MR) is 78.2 cm³/mol. The third-order valence-electron chi connectivity index (χ3n) is 2.82. The van der Waals surface area contributed by atoms with Crippen LogP contribution in [0.3, 0.4) is 0 Å². The molecule has 5 heteroatoms. The molecule has 1 aromatic heterocycles. The molecular weight excluding hydrogens is 262 g/mol. The molecule has 0 saturated heterocycles. The maximum absolute atomic E-state index is 12.2. The van der Waals surface area contributed by atoms with Crippen molar-refractivity contribution in [1.29, 1.82) is 0 Å². The number of rotatable bonds is 10. The highest BCUT2D eigenvalue weighted by Crippen LogP contribution is 2.16. The van der Waals surface area contributed by atoms with Crippen molar-refractivity contribution in [1.82, 2.24) is 4.90 Å². The quantitative estimate of drug-likeness (QED) is 0.488. The van der Waals surface area contributed by atoms with Crippen molar-refractivity contribution in [3.05, 3.63) is 21.9 Å². The van der Waals surface area contributed by atoms with Gasteiger partial charge in [0.25, 0.3) is 0 Å². The normalized spacial score (nSPS) is 11.2. The fourth-order valence-corrected chi connectivity index (χ4v) is 2.59. The predicted octanol–water partition coefficient (Wildman–Crippen LogP) is 2.22. The van der Waals surface area contributed by atoms with Crippen LogP contribution in [0.1, 0.15) is 21.0 Å². The molecule has 0 fully saturated rings. The van der Waals surface area contributed by atoms with E-state index < -0.39 is 0 Å². The molecule has 0 bridgehead atoms. The Kier molecular flexibility index (Phi) is 7.90. The van der Waals surface area contributed by atoms with E-state index in [-0.39, 0.29) is 5.78 Å². The molecule has 1 heterocycles. The average Bonchev–Trinajstić information content (AvgIpc) is 2.82. The maximum Gasteiger partial charge on any atom is 0.186 e. The van der Waals surface area contributed by atoms with Crippen LogP contribution in [0.25, 0.3) is 0 Å². The zero-order valence-corrected chi connectivity index (χ0v) is 12.8. The lowest BCUT2D eigenvalue weighted by molar-refractivity contribution is 0.0881. The van der Waals surface area contributed by atoms with Gasteiger partial charge in [-0.2, -0.15) is 0 Å². The number of aryl methyl sites for hydroxylation is 1. The molecule has 0 aliphatic heterocycles. The van der Waals surface area contributed by atoms with E-state index in [0.29, 0.717) is 13.2 Å². The Morgan fingerprint density at radius 3 is 2.53 bits per heavy atom. The first-order valence-electron chi connectivity index (χ1n) is 6.47. The Morgan fingerprint density at radius 2 is 1.95 bits per heavy atom. The molecule has 0 N–H and O–H groups in total. The monoisotopic (exact) mass is 285 g/mol. The van der Waals surface area contributed by atoms with Crippen molar-refractivity contribution in [3.8, 4) is 0 Å². The van der Waals surface area contributed by atoms with Gasteiger partial charge in [-0.15, -0.1) is 11.3 Å². The van der Waals surface area contributed by atoms with Crippen molar-refractivity contribution in [2.24, 2.45) is 0 Å². The highest BCUT2D eigenvalue weighted by molar-refractivity contribution is 7.14. The summed E-state index contributed by atoms with van der Waals surface area (Å²) in [6.07, 6.45) is 0.928. The van der Waals surface area contributed by atoms with Gasteiger partial charge in [-0.05, 0) is 25.5 Å². The van der Waals surface area contributed by atoms with Gasteiger partial charge in [0.05, 0.1) is 18.0 Å². The van der Waals surface area contributed by atoms with Crippen molar-refractivity contribution in [3.63, 3.8) is 0 Å². The first-order valence-corrected chi connectivity index (χ1v) is 7.29. The third kappa shape index (κ3) is 6.29. The smallest absolute Gasteiger partial charge is 0.186 e. The first-order chi connectivity index (χ1) is 9.17. The topological polar surface area (TPSA) is 38.8 Å². The number of ether oxygens (including phenoxy) is 2. The number of ketones is 1. The van der Waals surface area contributed by atoms with Crippen LogP contribution in [0.2, 0.25) is 0 Å². The van der Waals surface area contributed by atoms with Crippen molar-refractivity contribution in [2.75, 3.05) is 47.1 Å². The van der Waals surface area contributed by atoms with Crippen LogP contribution in [0.5, 0.6) is 0 Å². The SMILES string of the molecule is COCCCN(CCOC)CC(=O)c1ccc(C)s1. The fourth-order valence-electron chi connectivity index (χ4n) is 1.79. The Morgan fingerprint density at radius 1 is 1.21 bits per heavy atom. The maximum atomic E-state index is 12.2. The van der Waals surface area contributed by atoms with Gasteiger partial charge < -0.3 is 9.47 Å². The molecule has 0 unspecified atom stereocenters. The van der Waals surface area contributed by atoms with Crippen LogP contribution in [-0.4, -0.2) is 57.8 Å². The van der Waals surface area contributed by atoms with Crippen molar-refractivity contribution >= 4 is 17.1 Å². The van der Waals surface area contributed by atoms with Crippen molar-refractivity contribution < 1.29 is 14.3 Å². The minimum atomic E-state index is 0.187. The van der Waals surface area contributed by atoms with E-state index in [4.69, 9.17) is 9.47 Å². The molecule has 1 aromatic rings. The molecule has 0 saturated carbocycles. The lowest BCUT2D eigenvalue weighted by atomic mass is 10.2. The minimum absolute atomic E-state index is 0.187. The van der Waals surface area contributed by atoms with Gasteiger partial charge in [0.2, 0.25) is 0 Å². The summed E-state index contributed by atoms with van der Waals surface area (Å²) in [5.41, 5.74) is 0. The standard InChI is InChI=1S/C14H23NO3S/c1-12-5-6-14(19-12)13(16)11-15(8-10-18-3)7-4-9-17-2/h5-6H,4,7-11H2,1-3H3. The van der Waals surface area contributed by atoms with Crippen LogP contribution in [-0.2, 0) is 9.47 Å². The molecule has 0 atom stereocenters. The Bertz CT molecular complexity index is 379. The summed E-state index contributed by atoms with van der Waals surface area (Å²) in [4.78, 5) is 16.3. The van der Waals surface area contributed by atoms with E-state index in [0.717, 1.165) is 31.0 Å². The number of Topliss-reactive ketones (excluding diaryl/α,β-unsaturated/α-hetero) is 1. The van der Waals surface area contributed by atoms with Crippen LogP contribution in [0, 0.1) is 6.92 Å². The van der Waals surface area contributed by atoms with Crippen LogP contribution < -0.4 is 0 Å². The molecule has 0 radical (unpaired) electrons. The Balaban J connectivity index is 2.47. The van der Waals surface area contributed by atoms with E-state index in [2.05, 4.69) is 4.90 Å². The van der Waals surface area contributed by atoms with E-state index >= 15 is 0 Å². The molecule has 108 valence electrons. The number of thiophene rings is 1. The number of methoxy groups -OCH3 is 2. The molecule has 0 spiro atoms. The van der Waals surface area contributed by atoms with Gasteiger partial charge in [-0.1, -0.05) is 0 Å². The summed E-state index contributed by atoms with van der Waals surface area (Å²) in [6.45, 7) is 5.46. The highest BCUT2D eigenvalue weighted by atomic mass is 32.1. The zero-order chi connectivity index (χ0) is 14.1. The highest BCUT2D eigenvalue weighted by Gasteiger charge is 2.13. The van der Waals surface area contributed by atoms with Gasteiger partial charge in [0.15, 0.2) is 5.78 Å². The van der Waals surface area contributed by atoms with E-state index in [1.807, 2.05) is 19.1 Å². The molecular formula is C14H23NO3S. The van der Waals surface area contributed by atoms with Gasteiger partial charge in [-0.25, -0.2) is 0 Å². The summed E-state index contributed by atoms with van der Waals surface area (Å²) in [5.74, 6) is 0.187. The third-order valence-corrected chi connectivity index (χ3v) is 3.86. The Labute approximate surface area is 119 Å². The van der Waals surface area contributed by atoms with Crippen molar-refractivity contribution in [2.45, 2.75) is 13.3 Å². The number of hydrogen-bond acceptors (Lipinski definition) is 5. The van der Waals surface area contributed by atoms with Gasteiger partial charge >= 0.3 is 0 Å². The summed E-state index contributed by atoms with van der Waals surface area (Å²) in [5, 5.41) is 0. The van der Waals surface area contributed by atoms with E-state index in [1.54, 1.807) is 25.6 Å². The first kappa shape index (κ1) is 16.3. The van der Waals surface area contributed by atoms with Gasteiger partial charge in [0.1, 0.15) is 0 Å². The van der Waals surface area contributed by atoms with E-state index in [1.165, 1.54) is 4.88 Å². The molecule has 4 nitrogen and oxygen atoms in total. The summed E-state index contributed by atoms with van der Waals surface area (Å²) in [6, 6.07) is 3.90. The summed E-state index contributed by atoms with van der Waals surface area (Å²) < 4.78 is 10.1. The largest absolute Gasteiger partial charge is 0.385 e. The van der Waals surface area contributed by atoms with Gasteiger partial charge in [-0.3, -0.25) is 9.69 Å². The average molecular weight is 285 g/mol. The lowest BCUT2D eigenvalue weighted by Crippen LogP contribution is -2.34. The summed E-state index contributed by atoms with van der Waals surface area (Å²) in [7, 11) is 3.37. The van der Waals surface area contributed by atoms with Crippen LogP contribution in [0.15, 0.2) is 12.1 Å². The number of carbonyl (C=O) groups excluding carboxylic acids is 1.